The van der Waals surface area contributed by atoms with Gasteiger partial charge in [-0.2, -0.15) is 0 Å². The molecule has 5 heteroatoms. The Morgan fingerprint density at radius 2 is 2.05 bits per heavy atom. The van der Waals surface area contributed by atoms with Gasteiger partial charge < -0.3 is 14.6 Å². The number of carbonyl (C=O) groups is 1. The number of rotatable bonds is 7. The smallest absolute Gasteiger partial charge is 0.349 e. The number of hydrogen-bond acceptors (Lipinski definition) is 4. The van der Waals surface area contributed by atoms with E-state index in [1.165, 1.54) is 11.3 Å². The lowest BCUT2D eigenvalue weighted by Gasteiger charge is -2.09. The number of aromatic carboxylic acids is 1. The number of para-hydroxylation sites is 1. The van der Waals surface area contributed by atoms with E-state index in [1.54, 1.807) is 7.11 Å². The summed E-state index contributed by atoms with van der Waals surface area (Å²) in [6, 6.07) is 9.36. The summed E-state index contributed by atoms with van der Waals surface area (Å²) in [5, 5.41) is 9.25. The van der Waals surface area contributed by atoms with Gasteiger partial charge in [0.1, 0.15) is 18.1 Å². The van der Waals surface area contributed by atoms with Crippen molar-refractivity contribution < 1.29 is 19.4 Å². The van der Waals surface area contributed by atoms with Crippen LogP contribution in [0.25, 0.3) is 0 Å². The van der Waals surface area contributed by atoms with Crippen molar-refractivity contribution >= 4 is 17.3 Å². The van der Waals surface area contributed by atoms with Crippen LogP contribution in [0, 0.1) is 0 Å². The Hall–Kier alpha value is -2.01. The van der Waals surface area contributed by atoms with Gasteiger partial charge in [0.05, 0.1) is 7.11 Å². The topological polar surface area (TPSA) is 55.8 Å². The monoisotopic (exact) mass is 306 g/mol. The number of thiophene rings is 1. The van der Waals surface area contributed by atoms with E-state index < -0.39 is 5.97 Å². The summed E-state index contributed by atoms with van der Waals surface area (Å²) >= 11 is 1.28. The van der Waals surface area contributed by atoms with E-state index in [0.29, 0.717) is 5.75 Å². The number of aryl methyl sites for hydroxylation is 1. The molecule has 112 valence electrons. The van der Waals surface area contributed by atoms with Crippen LogP contribution in [0.15, 0.2) is 30.3 Å². The number of benzene rings is 1. The average Bonchev–Trinajstić information content (AvgIpc) is 2.89. The first-order chi connectivity index (χ1) is 10.2. The van der Waals surface area contributed by atoms with Crippen molar-refractivity contribution in [3.05, 3.63) is 45.6 Å². The summed E-state index contributed by atoms with van der Waals surface area (Å²) in [5.41, 5.74) is 0.889. The van der Waals surface area contributed by atoms with Gasteiger partial charge in [-0.3, -0.25) is 0 Å². The lowest BCUT2D eigenvalue weighted by atomic mass is 10.2. The highest BCUT2D eigenvalue weighted by Gasteiger charge is 2.17. The molecular formula is C16H18O4S. The third kappa shape index (κ3) is 3.76. The van der Waals surface area contributed by atoms with E-state index in [9.17, 15) is 9.90 Å². The molecule has 2 aromatic rings. The second-order valence-electron chi connectivity index (χ2n) is 4.56. The van der Waals surface area contributed by atoms with Crippen LogP contribution in [0.4, 0.5) is 0 Å². The molecule has 0 saturated heterocycles. The first-order valence-corrected chi connectivity index (χ1v) is 7.58. The van der Waals surface area contributed by atoms with Crippen LogP contribution in [0.1, 0.15) is 33.5 Å². The summed E-state index contributed by atoms with van der Waals surface area (Å²) < 4.78 is 11.0. The SMILES string of the molecule is CCCc1cc(OCc2ccccc2OC)c(C(=O)O)s1. The second-order valence-corrected chi connectivity index (χ2v) is 5.70. The van der Waals surface area contributed by atoms with Gasteiger partial charge in [0.2, 0.25) is 0 Å². The van der Waals surface area contributed by atoms with Gasteiger partial charge in [-0.15, -0.1) is 11.3 Å². The molecule has 0 unspecified atom stereocenters. The predicted octanol–water partition coefficient (Wildman–Crippen LogP) is 3.99. The average molecular weight is 306 g/mol. The highest BCUT2D eigenvalue weighted by molar-refractivity contribution is 7.14. The van der Waals surface area contributed by atoms with Gasteiger partial charge in [0.25, 0.3) is 0 Å². The largest absolute Gasteiger partial charge is 0.496 e. The van der Waals surface area contributed by atoms with Gasteiger partial charge in [0.15, 0.2) is 4.88 Å². The third-order valence-corrected chi connectivity index (χ3v) is 4.18. The Bertz CT molecular complexity index is 618. The lowest BCUT2D eigenvalue weighted by Crippen LogP contribution is -2.01. The Kier molecular flexibility index (Phi) is 5.22. The normalized spacial score (nSPS) is 10.4. The summed E-state index contributed by atoms with van der Waals surface area (Å²) in [4.78, 5) is 12.6. The standard InChI is InChI=1S/C16H18O4S/c1-3-6-12-9-14(15(21-12)16(17)18)20-10-11-7-4-5-8-13(11)19-2/h4-5,7-9H,3,6,10H2,1-2H3,(H,17,18). The van der Waals surface area contributed by atoms with Crippen LogP contribution >= 0.6 is 11.3 Å². The summed E-state index contributed by atoms with van der Waals surface area (Å²) in [6.07, 6.45) is 1.84. The van der Waals surface area contributed by atoms with Crippen LogP contribution in [-0.2, 0) is 13.0 Å². The fourth-order valence-electron chi connectivity index (χ4n) is 2.03. The molecule has 4 nitrogen and oxygen atoms in total. The summed E-state index contributed by atoms with van der Waals surface area (Å²) in [7, 11) is 1.60. The minimum absolute atomic E-state index is 0.258. The summed E-state index contributed by atoms with van der Waals surface area (Å²) in [5.74, 6) is 0.220. The zero-order valence-electron chi connectivity index (χ0n) is 12.1. The molecule has 1 aromatic heterocycles. The maximum absolute atomic E-state index is 11.3. The molecule has 0 saturated carbocycles. The van der Waals surface area contributed by atoms with Crippen LogP contribution in [0.2, 0.25) is 0 Å². The molecule has 1 aromatic carbocycles. The van der Waals surface area contributed by atoms with Crippen LogP contribution < -0.4 is 9.47 Å². The van der Waals surface area contributed by atoms with E-state index in [-0.39, 0.29) is 11.5 Å². The quantitative estimate of drug-likeness (QED) is 0.840. The minimum atomic E-state index is -0.947. The number of hydrogen-bond donors (Lipinski definition) is 1. The maximum Gasteiger partial charge on any atom is 0.349 e. The predicted molar refractivity (Wildman–Crippen MR) is 82.6 cm³/mol. The zero-order chi connectivity index (χ0) is 15.2. The molecule has 2 rings (SSSR count). The van der Waals surface area contributed by atoms with Crippen LogP contribution in [0.3, 0.4) is 0 Å². The zero-order valence-corrected chi connectivity index (χ0v) is 12.9. The van der Waals surface area contributed by atoms with Crippen molar-refractivity contribution in [2.24, 2.45) is 0 Å². The van der Waals surface area contributed by atoms with Crippen molar-refractivity contribution in [2.45, 2.75) is 26.4 Å². The van der Waals surface area contributed by atoms with Crippen molar-refractivity contribution in [3.8, 4) is 11.5 Å². The van der Waals surface area contributed by atoms with E-state index in [0.717, 1.165) is 29.0 Å². The van der Waals surface area contributed by atoms with Gasteiger partial charge >= 0.3 is 5.97 Å². The van der Waals surface area contributed by atoms with Crippen LogP contribution in [-0.4, -0.2) is 18.2 Å². The highest BCUT2D eigenvalue weighted by atomic mass is 32.1. The molecule has 0 atom stereocenters. The van der Waals surface area contributed by atoms with Crippen LogP contribution in [0.5, 0.6) is 11.5 Å². The molecule has 0 bridgehead atoms. The molecule has 0 aliphatic carbocycles. The number of methoxy groups -OCH3 is 1. The molecule has 0 aliphatic heterocycles. The Labute approximate surface area is 128 Å². The lowest BCUT2D eigenvalue weighted by molar-refractivity contribution is 0.0697. The highest BCUT2D eigenvalue weighted by Crippen LogP contribution is 2.31. The molecule has 0 spiro atoms. The summed E-state index contributed by atoms with van der Waals surface area (Å²) in [6.45, 7) is 2.35. The molecule has 0 fully saturated rings. The van der Waals surface area contributed by atoms with Crippen molar-refractivity contribution in [3.63, 3.8) is 0 Å². The number of carboxylic acid groups (broad SMARTS) is 1. The first kappa shape index (κ1) is 15.4. The van der Waals surface area contributed by atoms with E-state index >= 15 is 0 Å². The van der Waals surface area contributed by atoms with Crippen molar-refractivity contribution in [2.75, 3.05) is 7.11 Å². The fourth-order valence-corrected chi connectivity index (χ4v) is 3.07. The Morgan fingerprint density at radius 1 is 1.29 bits per heavy atom. The fraction of sp³-hybridized carbons (Fsp3) is 0.312. The van der Waals surface area contributed by atoms with Crippen molar-refractivity contribution in [1.82, 2.24) is 0 Å². The number of carboxylic acids is 1. The van der Waals surface area contributed by atoms with Gasteiger partial charge in [-0.1, -0.05) is 31.5 Å². The van der Waals surface area contributed by atoms with Crippen molar-refractivity contribution in [1.29, 1.82) is 0 Å². The maximum atomic E-state index is 11.3. The van der Waals surface area contributed by atoms with Gasteiger partial charge in [-0.25, -0.2) is 4.79 Å². The molecule has 0 aliphatic rings. The molecule has 1 N–H and O–H groups in total. The third-order valence-electron chi connectivity index (χ3n) is 3.02. The molecule has 0 radical (unpaired) electrons. The Morgan fingerprint density at radius 3 is 2.71 bits per heavy atom. The minimum Gasteiger partial charge on any atom is -0.496 e. The molecule has 0 amide bonds. The van der Waals surface area contributed by atoms with E-state index in [2.05, 4.69) is 6.92 Å². The second kappa shape index (κ2) is 7.13. The van der Waals surface area contributed by atoms with Gasteiger partial charge in [0, 0.05) is 10.4 Å². The van der Waals surface area contributed by atoms with E-state index in [4.69, 9.17) is 9.47 Å². The molecule has 1 heterocycles. The molecule has 21 heavy (non-hydrogen) atoms. The van der Waals surface area contributed by atoms with Gasteiger partial charge in [-0.05, 0) is 18.6 Å². The molecular weight excluding hydrogens is 288 g/mol. The number of ether oxygens (including phenoxy) is 2. The Balaban J connectivity index is 2.17. The first-order valence-electron chi connectivity index (χ1n) is 6.76. The van der Waals surface area contributed by atoms with E-state index in [1.807, 2.05) is 30.3 Å².